The van der Waals surface area contributed by atoms with Crippen LogP contribution in [0, 0.1) is 13.8 Å². The molecule has 0 fully saturated rings. The third-order valence-corrected chi connectivity index (χ3v) is 4.40. The highest BCUT2D eigenvalue weighted by Gasteiger charge is 2.20. The van der Waals surface area contributed by atoms with Gasteiger partial charge in [-0.25, -0.2) is 0 Å². The van der Waals surface area contributed by atoms with Crippen molar-refractivity contribution in [2.24, 2.45) is 0 Å². The number of aryl methyl sites for hydroxylation is 2. The molecule has 1 atom stereocenters. The first-order chi connectivity index (χ1) is 8.90. The van der Waals surface area contributed by atoms with Crippen LogP contribution in [0.15, 0.2) is 16.6 Å². The van der Waals surface area contributed by atoms with Crippen molar-refractivity contribution < 1.29 is 9.53 Å². The van der Waals surface area contributed by atoms with Gasteiger partial charge in [-0.05, 0) is 57.9 Å². The van der Waals surface area contributed by atoms with Gasteiger partial charge in [0.05, 0.1) is 0 Å². The molecule has 1 rings (SSSR count). The van der Waals surface area contributed by atoms with Gasteiger partial charge in [-0.15, -0.1) is 0 Å². The van der Waals surface area contributed by atoms with E-state index in [1.54, 1.807) is 11.8 Å². The van der Waals surface area contributed by atoms with E-state index >= 15 is 0 Å². The van der Waals surface area contributed by atoms with E-state index in [2.05, 4.69) is 15.9 Å². The number of hydrogen-bond acceptors (Lipinski definition) is 2. The van der Waals surface area contributed by atoms with E-state index in [4.69, 9.17) is 4.74 Å². The average Bonchev–Trinajstić information content (AvgIpc) is 2.37. The Balaban J connectivity index is 2.82. The van der Waals surface area contributed by atoms with Crippen molar-refractivity contribution in [3.05, 3.63) is 27.7 Å². The lowest BCUT2D eigenvalue weighted by Gasteiger charge is -2.23. The first-order valence-corrected chi connectivity index (χ1v) is 7.42. The fraction of sp³-hybridized carbons (Fsp3) is 0.533. The van der Waals surface area contributed by atoms with E-state index in [0.29, 0.717) is 13.1 Å². The van der Waals surface area contributed by atoms with Crippen molar-refractivity contribution in [3.8, 4) is 5.75 Å². The molecule has 106 valence electrons. The van der Waals surface area contributed by atoms with Crippen LogP contribution in [0.4, 0.5) is 0 Å². The molecular formula is C15H22BrNO2. The number of carbonyl (C=O) groups is 1. The fourth-order valence-electron chi connectivity index (χ4n) is 2.02. The van der Waals surface area contributed by atoms with Crippen LogP contribution in [0.2, 0.25) is 0 Å². The molecule has 0 bridgehead atoms. The molecule has 0 aliphatic carbocycles. The third-order valence-electron chi connectivity index (χ3n) is 3.15. The first-order valence-electron chi connectivity index (χ1n) is 6.62. The summed E-state index contributed by atoms with van der Waals surface area (Å²) in [7, 11) is 0. The van der Waals surface area contributed by atoms with Gasteiger partial charge in [0.25, 0.3) is 5.91 Å². The zero-order valence-electron chi connectivity index (χ0n) is 12.3. The zero-order valence-corrected chi connectivity index (χ0v) is 13.9. The van der Waals surface area contributed by atoms with Gasteiger partial charge in [0.15, 0.2) is 6.10 Å². The maximum Gasteiger partial charge on any atom is 0.263 e. The lowest BCUT2D eigenvalue weighted by atomic mass is 10.1. The van der Waals surface area contributed by atoms with Crippen LogP contribution >= 0.6 is 15.9 Å². The number of likely N-dealkylation sites (N-methyl/N-ethyl adjacent to an activating group) is 1. The summed E-state index contributed by atoms with van der Waals surface area (Å²) in [5.41, 5.74) is 2.22. The molecule has 0 N–H and O–H groups in total. The summed E-state index contributed by atoms with van der Waals surface area (Å²) in [5, 5.41) is 0. The summed E-state index contributed by atoms with van der Waals surface area (Å²) in [6, 6.07) is 3.90. The molecule has 0 aliphatic rings. The molecule has 1 aromatic carbocycles. The van der Waals surface area contributed by atoms with Gasteiger partial charge in [-0.1, -0.05) is 15.9 Å². The van der Waals surface area contributed by atoms with E-state index < -0.39 is 6.10 Å². The number of benzene rings is 1. The molecule has 3 nitrogen and oxygen atoms in total. The fourth-order valence-corrected chi connectivity index (χ4v) is 2.25. The molecule has 0 aliphatic heterocycles. The Morgan fingerprint density at radius 2 is 1.74 bits per heavy atom. The molecule has 0 radical (unpaired) electrons. The molecule has 0 saturated heterocycles. The molecular weight excluding hydrogens is 306 g/mol. The minimum atomic E-state index is -0.458. The lowest BCUT2D eigenvalue weighted by Crippen LogP contribution is -2.40. The predicted molar refractivity (Wildman–Crippen MR) is 81.6 cm³/mol. The Morgan fingerprint density at radius 3 is 2.16 bits per heavy atom. The van der Waals surface area contributed by atoms with Crippen LogP contribution in [-0.2, 0) is 4.79 Å². The third kappa shape index (κ3) is 3.96. The van der Waals surface area contributed by atoms with E-state index in [1.807, 2.05) is 39.8 Å². The average molecular weight is 328 g/mol. The number of rotatable bonds is 5. The second kappa shape index (κ2) is 6.94. The van der Waals surface area contributed by atoms with Gasteiger partial charge in [-0.2, -0.15) is 0 Å². The Labute approximate surface area is 124 Å². The van der Waals surface area contributed by atoms with Gasteiger partial charge in [0, 0.05) is 17.6 Å². The second-order valence-corrected chi connectivity index (χ2v) is 5.43. The minimum Gasteiger partial charge on any atom is -0.481 e. The molecule has 1 unspecified atom stereocenters. The molecule has 0 spiro atoms. The summed E-state index contributed by atoms with van der Waals surface area (Å²) >= 11 is 3.52. The van der Waals surface area contributed by atoms with E-state index in [1.165, 1.54) is 0 Å². The van der Waals surface area contributed by atoms with Crippen LogP contribution in [0.5, 0.6) is 5.75 Å². The van der Waals surface area contributed by atoms with Gasteiger partial charge < -0.3 is 9.64 Å². The minimum absolute atomic E-state index is 0.0308. The maximum absolute atomic E-state index is 12.1. The standard InChI is InChI=1S/C15H22BrNO2/c1-6-17(7-2)15(18)12(5)19-13-8-10(3)14(16)11(4)9-13/h8-9,12H,6-7H2,1-5H3. The van der Waals surface area contributed by atoms with Gasteiger partial charge in [0.1, 0.15) is 5.75 Å². The van der Waals surface area contributed by atoms with Crippen molar-refractivity contribution >= 4 is 21.8 Å². The Bertz CT molecular complexity index is 432. The number of hydrogen-bond donors (Lipinski definition) is 0. The van der Waals surface area contributed by atoms with Crippen LogP contribution in [0.1, 0.15) is 31.9 Å². The van der Waals surface area contributed by atoms with Crippen LogP contribution < -0.4 is 4.74 Å². The SMILES string of the molecule is CCN(CC)C(=O)C(C)Oc1cc(C)c(Br)c(C)c1. The van der Waals surface area contributed by atoms with E-state index in [0.717, 1.165) is 21.3 Å². The number of nitrogens with zero attached hydrogens (tertiary/aromatic N) is 1. The lowest BCUT2D eigenvalue weighted by molar-refractivity contribution is -0.137. The smallest absolute Gasteiger partial charge is 0.263 e. The molecule has 0 saturated carbocycles. The molecule has 0 aromatic heterocycles. The van der Waals surface area contributed by atoms with Gasteiger partial charge >= 0.3 is 0 Å². The number of ether oxygens (including phenoxy) is 1. The van der Waals surface area contributed by atoms with Crippen molar-refractivity contribution in [3.63, 3.8) is 0 Å². The highest BCUT2D eigenvalue weighted by atomic mass is 79.9. The largest absolute Gasteiger partial charge is 0.481 e. The summed E-state index contributed by atoms with van der Waals surface area (Å²) < 4.78 is 6.85. The summed E-state index contributed by atoms with van der Waals surface area (Å²) in [6.07, 6.45) is -0.458. The first kappa shape index (κ1) is 16.0. The predicted octanol–water partition coefficient (Wildman–Crippen LogP) is 3.70. The molecule has 19 heavy (non-hydrogen) atoms. The quantitative estimate of drug-likeness (QED) is 0.825. The number of carbonyl (C=O) groups excluding carboxylic acids is 1. The highest BCUT2D eigenvalue weighted by Crippen LogP contribution is 2.27. The van der Waals surface area contributed by atoms with Crippen LogP contribution in [0.3, 0.4) is 0 Å². The van der Waals surface area contributed by atoms with Crippen LogP contribution in [-0.4, -0.2) is 30.0 Å². The maximum atomic E-state index is 12.1. The van der Waals surface area contributed by atoms with Gasteiger partial charge in [0.2, 0.25) is 0 Å². The Kier molecular flexibility index (Phi) is 5.85. The summed E-state index contributed by atoms with van der Waals surface area (Å²) in [5.74, 6) is 0.773. The second-order valence-electron chi connectivity index (χ2n) is 4.64. The van der Waals surface area contributed by atoms with E-state index in [-0.39, 0.29) is 5.91 Å². The van der Waals surface area contributed by atoms with Crippen molar-refractivity contribution in [2.75, 3.05) is 13.1 Å². The Morgan fingerprint density at radius 1 is 1.26 bits per heavy atom. The highest BCUT2D eigenvalue weighted by molar-refractivity contribution is 9.10. The molecule has 4 heteroatoms. The summed E-state index contributed by atoms with van der Waals surface area (Å²) in [6.45, 7) is 11.2. The van der Waals surface area contributed by atoms with Crippen molar-refractivity contribution in [1.29, 1.82) is 0 Å². The zero-order chi connectivity index (χ0) is 14.6. The molecule has 1 aromatic rings. The normalized spacial score (nSPS) is 12.1. The van der Waals surface area contributed by atoms with Gasteiger partial charge in [-0.3, -0.25) is 4.79 Å². The number of halogens is 1. The topological polar surface area (TPSA) is 29.5 Å². The summed E-state index contributed by atoms with van der Waals surface area (Å²) in [4.78, 5) is 13.9. The number of amides is 1. The van der Waals surface area contributed by atoms with E-state index in [9.17, 15) is 4.79 Å². The Hall–Kier alpha value is -1.03. The van der Waals surface area contributed by atoms with Crippen LogP contribution in [0.25, 0.3) is 0 Å². The molecule has 0 heterocycles. The van der Waals surface area contributed by atoms with Crippen molar-refractivity contribution in [2.45, 2.75) is 40.7 Å². The monoisotopic (exact) mass is 327 g/mol. The molecule has 1 amide bonds. The van der Waals surface area contributed by atoms with Crippen molar-refractivity contribution in [1.82, 2.24) is 4.90 Å².